The Morgan fingerprint density at radius 3 is 2.95 bits per heavy atom. The lowest BCUT2D eigenvalue weighted by molar-refractivity contribution is 0.296. The van der Waals surface area contributed by atoms with Crippen LogP contribution in [0.5, 0.6) is 5.75 Å². The van der Waals surface area contributed by atoms with Gasteiger partial charge < -0.3 is 10.1 Å². The molecule has 0 atom stereocenters. The van der Waals surface area contributed by atoms with Crippen molar-refractivity contribution >= 4 is 27.3 Å². The van der Waals surface area contributed by atoms with E-state index in [2.05, 4.69) is 52.2 Å². The summed E-state index contributed by atoms with van der Waals surface area (Å²) in [5, 5.41) is 5.35. The molecule has 0 spiro atoms. The van der Waals surface area contributed by atoms with Gasteiger partial charge in [0.25, 0.3) is 0 Å². The van der Waals surface area contributed by atoms with Crippen LogP contribution in [0.15, 0.2) is 27.5 Å². The molecule has 1 aromatic heterocycles. The lowest BCUT2D eigenvalue weighted by Crippen LogP contribution is -2.13. The minimum atomic E-state index is 0.519. The SMILES string of the molecule is CCNCc1cc(Br)cc(C)c1OCc1cscn1. The third-order valence-corrected chi connectivity index (χ3v) is 3.82. The molecule has 0 unspecified atom stereocenters. The van der Waals surface area contributed by atoms with E-state index in [1.807, 2.05) is 10.9 Å². The van der Waals surface area contributed by atoms with Crippen molar-refractivity contribution in [1.29, 1.82) is 0 Å². The first-order chi connectivity index (χ1) is 9.20. The van der Waals surface area contributed by atoms with Gasteiger partial charge in [0.05, 0.1) is 11.2 Å². The monoisotopic (exact) mass is 340 g/mol. The van der Waals surface area contributed by atoms with Gasteiger partial charge in [-0.15, -0.1) is 11.3 Å². The van der Waals surface area contributed by atoms with Gasteiger partial charge in [0, 0.05) is 22.0 Å². The molecule has 2 rings (SSSR count). The minimum absolute atomic E-state index is 0.519. The van der Waals surface area contributed by atoms with Crippen molar-refractivity contribution in [3.05, 3.63) is 44.3 Å². The lowest BCUT2D eigenvalue weighted by Gasteiger charge is -2.14. The fraction of sp³-hybridized carbons (Fsp3) is 0.357. The summed E-state index contributed by atoms with van der Waals surface area (Å²) in [6, 6.07) is 4.18. The zero-order valence-electron chi connectivity index (χ0n) is 11.1. The van der Waals surface area contributed by atoms with Gasteiger partial charge in [0.2, 0.25) is 0 Å². The summed E-state index contributed by atoms with van der Waals surface area (Å²) in [4.78, 5) is 4.24. The predicted octanol–water partition coefficient (Wildman–Crippen LogP) is 3.90. The first-order valence-electron chi connectivity index (χ1n) is 6.20. The number of aryl methyl sites for hydroxylation is 1. The summed E-state index contributed by atoms with van der Waals surface area (Å²) in [5.41, 5.74) is 5.11. The van der Waals surface area contributed by atoms with E-state index in [0.29, 0.717) is 6.61 Å². The quantitative estimate of drug-likeness (QED) is 0.865. The van der Waals surface area contributed by atoms with Crippen LogP contribution in [-0.4, -0.2) is 11.5 Å². The zero-order chi connectivity index (χ0) is 13.7. The number of rotatable bonds is 6. The highest BCUT2D eigenvalue weighted by molar-refractivity contribution is 9.10. The van der Waals surface area contributed by atoms with Crippen LogP contribution in [0.4, 0.5) is 0 Å². The molecule has 2 aromatic rings. The van der Waals surface area contributed by atoms with E-state index in [4.69, 9.17) is 4.74 Å². The number of hydrogen-bond donors (Lipinski definition) is 1. The number of thiazole rings is 1. The van der Waals surface area contributed by atoms with Gasteiger partial charge in [-0.3, -0.25) is 0 Å². The molecule has 0 bridgehead atoms. The molecule has 0 aliphatic carbocycles. The van der Waals surface area contributed by atoms with Crippen molar-refractivity contribution in [2.24, 2.45) is 0 Å². The number of nitrogens with one attached hydrogen (secondary N) is 1. The second kappa shape index (κ2) is 7.03. The first-order valence-corrected chi connectivity index (χ1v) is 7.94. The van der Waals surface area contributed by atoms with Crippen LogP contribution in [0.2, 0.25) is 0 Å². The molecule has 5 heteroatoms. The highest BCUT2D eigenvalue weighted by Crippen LogP contribution is 2.28. The third kappa shape index (κ3) is 4.03. The van der Waals surface area contributed by atoms with Crippen molar-refractivity contribution in [3.63, 3.8) is 0 Å². The summed E-state index contributed by atoms with van der Waals surface area (Å²) in [7, 11) is 0. The normalized spacial score (nSPS) is 10.7. The average molecular weight is 341 g/mol. The summed E-state index contributed by atoms with van der Waals surface area (Å²) < 4.78 is 7.03. The van der Waals surface area contributed by atoms with Crippen LogP contribution in [0, 0.1) is 6.92 Å². The molecule has 19 heavy (non-hydrogen) atoms. The Morgan fingerprint density at radius 1 is 1.42 bits per heavy atom. The summed E-state index contributed by atoms with van der Waals surface area (Å²) in [6.45, 7) is 6.43. The molecule has 0 amide bonds. The van der Waals surface area contributed by atoms with Crippen molar-refractivity contribution in [3.8, 4) is 5.75 Å². The topological polar surface area (TPSA) is 34.1 Å². The standard InChI is InChI=1S/C14H17BrN2OS/c1-3-16-6-11-5-12(15)4-10(2)14(11)18-7-13-8-19-9-17-13/h4-5,8-9,16H,3,6-7H2,1-2H3. The van der Waals surface area contributed by atoms with E-state index >= 15 is 0 Å². The van der Waals surface area contributed by atoms with Crippen molar-refractivity contribution in [2.45, 2.75) is 27.0 Å². The van der Waals surface area contributed by atoms with Crippen molar-refractivity contribution in [2.75, 3.05) is 6.54 Å². The number of nitrogens with zero attached hydrogens (tertiary/aromatic N) is 1. The van der Waals surface area contributed by atoms with Crippen LogP contribution in [0.1, 0.15) is 23.7 Å². The van der Waals surface area contributed by atoms with E-state index in [-0.39, 0.29) is 0 Å². The van der Waals surface area contributed by atoms with Crippen molar-refractivity contribution in [1.82, 2.24) is 10.3 Å². The Hall–Kier alpha value is -0.910. The van der Waals surface area contributed by atoms with Crippen LogP contribution in [0.3, 0.4) is 0 Å². The molecule has 0 saturated carbocycles. The molecule has 0 saturated heterocycles. The van der Waals surface area contributed by atoms with Crippen LogP contribution in [0.25, 0.3) is 0 Å². The maximum absolute atomic E-state index is 5.95. The molecular formula is C14H17BrN2OS. The zero-order valence-corrected chi connectivity index (χ0v) is 13.5. The number of halogens is 1. The van der Waals surface area contributed by atoms with Crippen LogP contribution in [-0.2, 0) is 13.2 Å². The maximum Gasteiger partial charge on any atom is 0.131 e. The Balaban J connectivity index is 2.16. The van der Waals surface area contributed by atoms with E-state index in [1.54, 1.807) is 11.3 Å². The Kier molecular flexibility index (Phi) is 5.36. The largest absolute Gasteiger partial charge is 0.487 e. The van der Waals surface area contributed by atoms with Gasteiger partial charge in [-0.2, -0.15) is 0 Å². The van der Waals surface area contributed by atoms with Crippen LogP contribution >= 0.6 is 27.3 Å². The molecule has 102 valence electrons. The second-order valence-corrected chi connectivity index (χ2v) is 5.89. The first kappa shape index (κ1) is 14.5. The minimum Gasteiger partial charge on any atom is -0.487 e. The van der Waals surface area contributed by atoms with Gasteiger partial charge in [0.15, 0.2) is 0 Å². The summed E-state index contributed by atoms with van der Waals surface area (Å²) in [5.74, 6) is 0.956. The van der Waals surface area contributed by atoms with E-state index in [1.165, 1.54) is 5.56 Å². The molecule has 0 aliphatic heterocycles. The van der Waals surface area contributed by atoms with Gasteiger partial charge in [0.1, 0.15) is 12.4 Å². The highest BCUT2D eigenvalue weighted by atomic mass is 79.9. The van der Waals surface area contributed by atoms with Gasteiger partial charge in [-0.05, 0) is 31.2 Å². The fourth-order valence-corrected chi connectivity index (χ4v) is 3.01. The number of hydrogen-bond acceptors (Lipinski definition) is 4. The Morgan fingerprint density at radius 2 is 2.26 bits per heavy atom. The van der Waals surface area contributed by atoms with E-state index in [0.717, 1.165) is 34.6 Å². The molecule has 1 aromatic carbocycles. The maximum atomic E-state index is 5.95. The molecule has 3 nitrogen and oxygen atoms in total. The smallest absolute Gasteiger partial charge is 0.131 e. The summed E-state index contributed by atoms with van der Waals surface area (Å²) >= 11 is 5.12. The number of ether oxygens (including phenoxy) is 1. The Bertz CT molecular complexity index is 528. The molecule has 1 N–H and O–H groups in total. The highest BCUT2D eigenvalue weighted by Gasteiger charge is 2.09. The summed E-state index contributed by atoms with van der Waals surface area (Å²) in [6.07, 6.45) is 0. The molecule has 1 heterocycles. The van der Waals surface area contributed by atoms with E-state index < -0.39 is 0 Å². The molecule has 0 radical (unpaired) electrons. The number of aromatic nitrogens is 1. The predicted molar refractivity (Wildman–Crippen MR) is 82.7 cm³/mol. The van der Waals surface area contributed by atoms with Crippen LogP contribution < -0.4 is 10.1 Å². The third-order valence-electron chi connectivity index (χ3n) is 2.73. The lowest BCUT2D eigenvalue weighted by atomic mass is 10.1. The number of benzene rings is 1. The second-order valence-electron chi connectivity index (χ2n) is 4.26. The fourth-order valence-electron chi connectivity index (χ4n) is 1.85. The van der Waals surface area contributed by atoms with E-state index in [9.17, 15) is 0 Å². The van der Waals surface area contributed by atoms with Crippen molar-refractivity contribution < 1.29 is 4.74 Å². The van der Waals surface area contributed by atoms with Gasteiger partial charge in [-0.1, -0.05) is 22.9 Å². The Labute approximate surface area is 126 Å². The molecule has 0 aliphatic rings. The van der Waals surface area contributed by atoms with Gasteiger partial charge in [-0.25, -0.2) is 4.98 Å². The average Bonchev–Trinajstić information content (AvgIpc) is 2.88. The molecule has 0 fully saturated rings. The molecular weight excluding hydrogens is 324 g/mol. The van der Waals surface area contributed by atoms with Gasteiger partial charge >= 0.3 is 0 Å².